The summed E-state index contributed by atoms with van der Waals surface area (Å²) in [6.45, 7) is 3.11. The minimum absolute atomic E-state index is 0. The monoisotopic (exact) mass is 573 g/mol. The third-order valence-corrected chi connectivity index (χ3v) is 4.68. The van der Waals surface area contributed by atoms with Crippen LogP contribution in [0.1, 0.15) is 12.5 Å². The molecule has 1 heterocycles. The molecule has 2 N–H and O–H groups in total. The third-order valence-electron chi connectivity index (χ3n) is 4.68. The maximum absolute atomic E-state index is 14.2. The fourth-order valence-corrected chi connectivity index (χ4v) is 3.15. The molecule has 0 bridgehead atoms. The molecule has 0 aromatic heterocycles. The molecule has 8 nitrogen and oxygen atoms in total. The molecule has 0 saturated carbocycles. The molecule has 1 aliphatic rings. The van der Waals surface area contributed by atoms with E-state index in [-0.39, 0.29) is 47.7 Å². The molecule has 1 aromatic carbocycles. The molecule has 1 saturated heterocycles. The van der Waals surface area contributed by atoms with E-state index in [1.165, 1.54) is 18.2 Å². The third kappa shape index (κ3) is 9.36. The highest BCUT2D eigenvalue weighted by molar-refractivity contribution is 14.0. The van der Waals surface area contributed by atoms with Crippen molar-refractivity contribution in [3.63, 3.8) is 0 Å². The molecule has 0 atom stereocenters. The highest BCUT2D eigenvalue weighted by Gasteiger charge is 2.21. The van der Waals surface area contributed by atoms with Crippen LogP contribution in [0.15, 0.2) is 23.2 Å². The Hall–Kier alpha value is -1.80. The van der Waals surface area contributed by atoms with Crippen molar-refractivity contribution in [3.8, 4) is 5.75 Å². The second-order valence-corrected chi connectivity index (χ2v) is 6.87. The van der Waals surface area contributed by atoms with E-state index in [2.05, 4.69) is 20.4 Å². The number of carbonyl (C=O) groups excluding carboxylic acids is 1. The quantitative estimate of drug-likeness (QED) is 0.193. The lowest BCUT2D eigenvalue weighted by atomic mass is 10.2. The van der Waals surface area contributed by atoms with Gasteiger partial charge in [0.05, 0.1) is 25.3 Å². The minimum atomic E-state index is -3.04. The van der Waals surface area contributed by atoms with Crippen molar-refractivity contribution in [3.05, 3.63) is 29.6 Å². The molecule has 1 fully saturated rings. The van der Waals surface area contributed by atoms with Crippen molar-refractivity contribution in [2.24, 2.45) is 4.99 Å². The van der Waals surface area contributed by atoms with Crippen LogP contribution in [0, 0.1) is 5.82 Å². The van der Waals surface area contributed by atoms with Crippen LogP contribution in [-0.4, -0.2) is 87.8 Å². The Morgan fingerprint density at radius 3 is 2.56 bits per heavy atom. The zero-order valence-corrected chi connectivity index (χ0v) is 20.6. The van der Waals surface area contributed by atoms with Crippen LogP contribution < -0.4 is 15.4 Å². The average Bonchev–Trinajstić information content (AvgIpc) is 2.73. The SMILES string of the molecule is CCNC(=NCc1c(F)cccc1OC(F)F)N1CCN(CC(=O)NCCOC)CC1.I. The first-order valence-electron chi connectivity index (χ1n) is 10.2. The molecule has 1 aromatic rings. The van der Waals surface area contributed by atoms with Gasteiger partial charge >= 0.3 is 6.61 Å². The summed E-state index contributed by atoms with van der Waals surface area (Å²) in [7, 11) is 1.58. The first-order chi connectivity index (χ1) is 14.9. The molecule has 0 unspecified atom stereocenters. The number of nitrogens with zero attached hydrogens (tertiary/aromatic N) is 3. The van der Waals surface area contributed by atoms with E-state index in [1.807, 2.05) is 16.7 Å². The molecule has 2 rings (SSSR count). The molecule has 0 spiro atoms. The first-order valence-corrected chi connectivity index (χ1v) is 10.2. The van der Waals surface area contributed by atoms with Crippen molar-refractivity contribution < 1.29 is 27.4 Å². The van der Waals surface area contributed by atoms with Crippen LogP contribution in [0.25, 0.3) is 0 Å². The number of hydrogen-bond donors (Lipinski definition) is 2. The largest absolute Gasteiger partial charge is 0.434 e. The highest BCUT2D eigenvalue weighted by Crippen LogP contribution is 2.24. The van der Waals surface area contributed by atoms with Gasteiger partial charge < -0.3 is 25.0 Å². The van der Waals surface area contributed by atoms with Crippen molar-refractivity contribution in [2.75, 3.05) is 59.5 Å². The zero-order chi connectivity index (χ0) is 22.6. The Labute approximate surface area is 203 Å². The zero-order valence-electron chi connectivity index (χ0n) is 18.3. The summed E-state index contributed by atoms with van der Waals surface area (Å²) in [6.07, 6.45) is 0. The number of rotatable bonds is 10. The summed E-state index contributed by atoms with van der Waals surface area (Å²) < 4.78 is 48.7. The molecule has 12 heteroatoms. The van der Waals surface area contributed by atoms with Gasteiger partial charge in [0, 0.05) is 46.4 Å². The number of guanidine groups is 1. The van der Waals surface area contributed by atoms with Crippen LogP contribution >= 0.6 is 24.0 Å². The molecule has 1 aliphatic heterocycles. The van der Waals surface area contributed by atoms with Crippen molar-refractivity contribution >= 4 is 35.8 Å². The summed E-state index contributed by atoms with van der Waals surface area (Å²) in [6, 6.07) is 3.80. The van der Waals surface area contributed by atoms with Gasteiger partial charge in [0.15, 0.2) is 5.96 Å². The first kappa shape index (κ1) is 28.2. The standard InChI is InChI=1S/C20H30F3N5O3.HI/c1-3-24-20(26-13-15-16(21)5-4-6-17(15)31-19(22)23)28-10-8-27(9-11-28)14-18(29)25-7-12-30-2;/h4-6,19H,3,7-14H2,1-2H3,(H,24,26)(H,25,29);1H. The Morgan fingerprint density at radius 2 is 1.94 bits per heavy atom. The number of methoxy groups -OCH3 is 1. The van der Waals surface area contributed by atoms with Crippen LogP contribution in [-0.2, 0) is 16.1 Å². The number of aliphatic imine (C=N–C) groups is 1. The second-order valence-electron chi connectivity index (χ2n) is 6.87. The summed E-state index contributed by atoms with van der Waals surface area (Å²) >= 11 is 0. The van der Waals surface area contributed by atoms with Crippen LogP contribution in [0.2, 0.25) is 0 Å². The smallest absolute Gasteiger partial charge is 0.387 e. The van der Waals surface area contributed by atoms with Gasteiger partial charge in [0.25, 0.3) is 0 Å². The van der Waals surface area contributed by atoms with Gasteiger partial charge in [-0.25, -0.2) is 9.38 Å². The maximum atomic E-state index is 14.2. The number of ether oxygens (including phenoxy) is 2. The Morgan fingerprint density at radius 1 is 1.22 bits per heavy atom. The van der Waals surface area contributed by atoms with Gasteiger partial charge in [0.2, 0.25) is 5.91 Å². The van der Waals surface area contributed by atoms with Crippen LogP contribution in [0.4, 0.5) is 13.2 Å². The molecule has 0 aliphatic carbocycles. The van der Waals surface area contributed by atoms with Crippen molar-refractivity contribution in [1.29, 1.82) is 0 Å². The second kappa shape index (κ2) is 15.1. The lowest BCUT2D eigenvalue weighted by Crippen LogP contribution is -2.54. The van der Waals surface area contributed by atoms with Crippen LogP contribution in [0.5, 0.6) is 5.75 Å². The topological polar surface area (TPSA) is 78.4 Å². The van der Waals surface area contributed by atoms with Gasteiger partial charge in [-0.15, -0.1) is 24.0 Å². The van der Waals surface area contributed by atoms with E-state index in [0.29, 0.717) is 58.4 Å². The predicted octanol–water partition coefficient (Wildman–Crippen LogP) is 1.89. The summed E-state index contributed by atoms with van der Waals surface area (Å²) in [5.74, 6) is -0.379. The number of carbonyl (C=O) groups is 1. The van der Waals surface area contributed by atoms with Crippen molar-refractivity contribution in [2.45, 2.75) is 20.1 Å². The van der Waals surface area contributed by atoms with Crippen molar-refractivity contribution in [1.82, 2.24) is 20.4 Å². The number of halogens is 4. The average molecular weight is 573 g/mol. The normalized spacial score (nSPS) is 14.8. The number of alkyl halides is 2. The van der Waals surface area contributed by atoms with E-state index in [0.717, 1.165) is 0 Å². The van der Waals surface area contributed by atoms with Gasteiger partial charge in [-0.2, -0.15) is 8.78 Å². The number of hydrogen-bond acceptors (Lipinski definition) is 5. The number of amides is 1. The molecule has 1 amide bonds. The van der Waals surface area contributed by atoms with Crippen LogP contribution in [0.3, 0.4) is 0 Å². The summed E-state index contributed by atoms with van der Waals surface area (Å²) in [5, 5.41) is 5.94. The minimum Gasteiger partial charge on any atom is -0.434 e. The van der Waals surface area contributed by atoms with E-state index in [9.17, 15) is 18.0 Å². The van der Waals surface area contributed by atoms with Gasteiger partial charge in [0.1, 0.15) is 11.6 Å². The van der Waals surface area contributed by atoms with E-state index < -0.39 is 12.4 Å². The number of benzene rings is 1. The lowest BCUT2D eigenvalue weighted by Gasteiger charge is -2.36. The fourth-order valence-electron chi connectivity index (χ4n) is 3.15. The van der Waals surface area contributed by atoms with Gasteiger partial charge in [-0.05, 0) is 19.1 Å². The summed E-state index contributed by atoms with van der Waals surface area (Å²) in [4.78, 5) is 20.4. The van der Waals surface area contributed by atoms with Gasteiger partial charge in [-0.3, -0.25) is 9.69 Å². The predicted molar refractivity (Wildman–Crippen MR) is 126 cm³/mol. The Kier molecular flexibility index (Phi) is 13.3. The molecule has 0 radical (unpaired) electrons. The lowest BCUT2D eigenvalue weighted by molar-refractivity contribution is -0.122. The number of piperazine rings is 1. The molecule has 182 valence electrons. The molecule has 32 heavy (non-hydrogen) atoms. The molecular weight excluding hydrogens is 542 g/mol. The van der Waals surface area contributed by atoms with Gasteiger partial charge in [-0.1, -0.05) is 6.07 Å². The summed E-state index contributed by atoms with van der Waals surface area (Å²) in [5.41, 5.74) is -0.0235. The maximum Gasteiger partial charge on any atom is 0.387 e. The fraction of sp³-hybridized carbons (Fsp3) is 0.600. The molecular formula is C20H31F3IN5O3. The Balaban J connectivity index is 0.00000512. The van der Waals surface area contributed by atoms with E-state index in [1.54, 1.807) is 7.11 Å². The van der Waals surface area contributed by atoms with E-state index in [4.69, 9.17) is 4.74 Å². The highest BCUT2D eigenvalue weighted by atomic mass is 127. The Bertz CT molecular complexity index is 734. The van der Waals surface area contributed by atoms with E-state index >= 15 is 0 Å². The number of nitrogens with one attached hydrogen (secondary N) is 2.